The van der Waals surface area contributed by atoms with Crippen molar-refractivity contribution < 1.29 is 19.0 Å². The third-order valence-electron chi connectivity index (χ3n) is 5.50. The summed E-state index contributed by atoms with van der Waals surface area (Å²) in [5, 5.41) is 7.21. The number of nitrogens with zero attached hydrogens (tertiary/aromatic N) is 3. The number of rotatable bonds is 6. The number of piperazine rings is 1. The normalized spacial score (nSPS) is 13.8. The summed E-state index contributed by atoms with van der Waals surface area (Å²) in [4.78, 5) is 17.1. The number of hydrogen-bond acceptors (Lipinski definition) is 6. The third-order valence-corrected chi connectivity index (χ3v) is 5.50. The second-order valence-corrected chi connectivity index (χ2v) is 7.21. The zero-order chi connectivity index (χ0) is 21.8. The van der Waals surface area contributed by atoms with E-state index in [0.29, 0.717) is 36.0 Å². The van der Waals surface area contributed by atoms with Crippen LogP contribution < -0.4 is 19.1 Å². The number of anilines is 1. The first kappa shape index (κ1) is 20.6. The number of nitrogens with one attached hydrogen (secondary N) is 1. The molecule has 2 heterocycles. The Balaban J connectivity index is 1.43. The molecule has 0 unspecified atom stereocenters. The second kappa shape index (κ2) is 8.99. The van der Waals surface area contributed by atoms with Gasteiger partial charge in [0.1, 0.15) is 22.9 Å². The van der Waals surface area contributed by atoms with Crippen LogP contribution in [-0.2, 0) is 0 Å². The van der Waals surface area contributed by atoms with Crippen molar-refractivity contribution >= 4 is 11.6 Å². The number of amides is 1. The van der Waals surface area contributed by atoms with Gasteiger partial charge in [-0.2, -0.15) is 5.10 Å². The number of aromatic nitrogens is 2. The molecular weight excluding hydrogens is 396 g/mol. The summed E-state index contributed by atoms with van der Waals surface area (Å²) in [7, 11) is 4.86. The van der Waals surface area contributed by atoms with E-state index in [1.165, 1.54) is 0 Å². The SMILES string of the molecule is COc1ccc(N2CCN(C(=O)c3cc(-c4ccc(OC)cc4OC)n[nH]3)CC2)cc1. The van der Waals surface area contributed by atoms with Crippen molar-refractivity contribution in [2.45, 2.75) is 0 Å². The van der Waals surface area contributed by atoms with Gasteiger partial charge < -0.3 is 24.0 Å². The highest BCUT2D eigenvalue weighted by atomic mass is 16.5. The van der Waals surface area contributed by atoms with Crippen LogP contribution in [0.4, 0.5) is 5.69 Å². The average molecular weight is 422 g/mol. The largest absolute Gasteiger partial charge is 0.497 e. The van der Waals surface area contributed by atoms with Crippen molar-refractivity contribution in [3.63, 3.8) is 0 Å². The Labute approximate surface area is 181 Å². The molecule has 3 aromatic rings. The number of carbonyl (C=O) groups is 1. The average Bonchev–Trinajstić information content (AvgIpc) is 3.33. The maximum Gasteiger partial charge on any atom is 0.272 e. The maximum atomic E-state index is 13.0. The summed E-state index contributed by atoms with van der Waals surface area (Å²) in [6.45, 7) is 2.83. The number of carbonyl (C=O) groups excluding carboxylic acids is 1. The summed E-state index contributed by atoms with van der Waals surface area (Å²) in [5.41, 5.74) is 3.04. The summed E-state index contributed by atoms with van der Waals surface area (Å²) in [5.74, 6) is 2.11. The maximum absolute atomic E-state index is 13.0. The molecule has 8 nitrogen and oxygen atoms in total. The molecular formula is C23H26N4O4. The highest BCUT2D eigenvalue weighted by molar-refractivity contribution is 5.93. The molecule has 0 atom stereocenters. The van der Waals surface area contributed by atoms with E-state index in [0.717, 1.165) is 30.1 Å². The Morgan fingerprint density at radius 3 is 2.19 bits per heavy atom. The van der Waals surface area contributed by atoms with E-state index in [9.17, 15) is 4.79 Å². The minimum Gasteiger partial charge on any atom is -0.497 e. The number of methoxy groups -OCH3 is 3. The molecule has 1 amide bonds. The smallest absolute Gasteiger partial charge is 0.272 e. The summed E-state index contributed by atoms with van der Waals surface area (Å²) in [6, 6.07) is 15.3. The fourth-order valence-electron chi connectivity index (χ4n) is 3.71. The van der Waals surface area contributed by atoms with Gasteiger partial charge >= 0.3 is 0 Å². The quantitative estimate of drug-likeness (QED) is 0.658. The highest BCUT2D eigenvalue weighted by Gasteiger charge is 2.24. The van der Waals surface area contributed by atoms with Crippen molar-refractivity contribution in [3.8, 4) is 28.5 Å². The Kier molecular flexibility index (Phi) is 5.97. The molecule has 0 bridgehead atoms. The topological polar surface area (TPSA) is 79.9 Å². The van der Waals surface area contributed by atoms with Gasteiger partial charge in [-0.15, -0.1) is 0 Å². The Bertz CT molecular complexity index is 1040. The first-order valence-electron chi connectivity index (χ1n) is 10.1. The molecule has 0 radical (unpaired) electrons. The molecule has 0 spiro atoms. The Hall–Kier alpha value is -3.68. The van der Waals surface area contributed by atoms with Gasteiger partial charge in [-0.3, -0.25) is 9.89 Å². The molecule has 1 fully saturated rings. The zero-order valence-corrected chi connectivity index (χ0v) is 17.9. The van der Waals surface area contributed by atoms with Gasteiger partial charge in [0.25, 0.3) is 5.91 Å². The van der Waals surface area contributed by atoms with E-state index in [1.54, 1.807) is 33.5 Å². The fraction of sp³-hybridized carbons (Fsp3) is 0.304. The number of benzene rings is 2. The third kappa shape index (κ3) is 4.28. The number of H-pyrrole nitrogens is 1. The van der Waals surface area contributed by atoms with Crippen LogP contribution in [0.3, 0.4) is 0 Å². The van der Waals surface area contributed by atoms with Crippen LogP contribution in [0, 0.1) is 0 Å². The van der Waals surface area contributed by atoms with E-state index < -0.39 is 0 Å². The molecule has 31 heavy (non-hydrogen) atoms. The lowest BCUT2D eigenvalue weighted by molar-refractivity contribution is 0.0741. The van der Waals surface area contributed by atoms with Crippen LogP contribution in [0.2, 0.25) is 0 Å². The molecule has 1 N–H and O–H groups in total. The van der Waals surface area contributed by atoms with Crippen LogP contribution in [-0.4, -0.2) is 68.5 Å². The molecule has 0 saturated carbocycles. The van der Waals surface area contributed by atoms with Gasteiger partial charge in [0.2, 0.25) is 0 Å². The monoisotopic (exact) mass is 422 g/mol. The lowest BCUT2D eigenvalue weighted by Gasteiger charge is -2.35. The Morgan fingerprint density at radius 2 is 1.55 bits per heavy atom. The van der Waals surface area contributed by atoms with Gasteiger partial charge in [-0.05, 0) is 42.5 Å². The standard InChI is InChI=1S/C23H26N4O4/c1-29-17-6-4-16(5-7-17)26-10-12-27(13-11-26)23(28)21-15-20(24-25-21)19-9-8-18(30-2)14-22(19)31-3/h4-9,14-15H,10-13H2,1-3H3,(H,24,25). The molecule has 8 heteroatoms. The van der Waals surface area contributed by atoms with Gasteiger partial charge in [0.05, 0.1) is 27.0 Å². The van der Waals surface area contributed by atoms with Crippen LogP contribution in [0.5, 0.6) is 17.2 Å². The molecule has 162 valence electrons. The van der Waals surface area contributed by atoms with Crippen molar-refractivity contribution in [1.82, 2.24) is 15.1 Å². The predicted molar refractivity (Wildman–Crippen MR) is 118 cm³/mol. The van der Waals surface area contributed by atoms with Gasteiger partial charge in [0.15, 0.2) is 0 Å². The second-order valence-electron chi connectivity index (χ2n) is 7.21. The molecule has 2 aromatic carbocycles. The summed E-state index contributed by atoms with van der Waals surface area (Å²) in [6.07, 6.45) is 0. The first-order chi connectivity index (χ1) is 15.1. The van der Waals surface area contributed by atoms with Crippen molar-refractivity contribution in [1.29, 1.82) is 0 Å². The lowest BCUT2D eigenvalue weighted by atomic mass is 10.1. The van der Waals surface area contributed by atoms with Crippen molar-refractivity contribution in [2.24, 2.45) is 0 Å². The van der Waals surface area contributed by atoms with Gasteiger partial charge in [-0.1, -0.05) is 0 Å². The minimum absolute atomic E-state index is 0.0550. The van der Waals surface area contributed by atoms with E-state index >= 15 is 0 Å². The molecule has 1 aromatic heterocycles. The van der Waals surface area contributed by atoms with Crippen LogP contribution in [0.15, 0.2) is 48.5 Å². The van der Waals surface area contributed by atoms with Crippen LogP contribution in [0.1, 0.15) is 10.5 Å². The first-order valence-corrected chi connectivity index (χ1v) is 10.1. The molecule has 1 saturated heterocycles. The summed E-state index contributed by atoms with van der Waals surface area (Å²) < 4.78 is 15.9. The number of hydrogen-bond donors (Lipinski definition) is 1. The molecule has 1 aliphatic rings. The van der Waals surface area contributed by atoms with Crippen molar-refractivity contribution in [2.75, 3.05) is 52.4 Å². The van der Waals surface area contributed by atoms with Crippen LogP contribution >= 0.6 is 0 Å². The molecule has 4 rings (SSSR count). The van der Waals surface area contributed by atoms with Gasteiger partial charge in [-0.25, -0.2) is 0 Å². The Morgan fingerprint density at radius 1 is 0.871 bits per heavy atom. The molecule has 1 aliphatic heterocycles. The summed E-state index contributed by atoms with van der Waals surface area (Å²) >= 11 is 0. The van der Waals surface area contributed by atoms with E-state index in [1.807, 2.05) is 41.3 Å². The lowest BCUT2D eigenvalue weighted by Crippen LogP contribution is -2.48. The minimum atomic E-state index is -0.0550. The van der Waals surface area contributed by atoms with Crippen molar-refractivity contribution in [3.05, 3.63) is 54.2 Å². The molecule has 0 aliphatic carbocycles. The van der Waals surface area contributed by atoms with E-state index in [4.69, 9.17) is 14.2 Å². The van der Waals surface area contributed by atoms with Gasteiger partial charge in [0, 0.05) is 43.5 Å². The predicted octanol–water partition coefficient (Wildman–Crippen LogP) is 3.06. The van der Waals surface area contributed by atoms with E-state index in [2.05, 4.69) is 15.1 Å². The van der Waals surface area contributed by atoms with Crippen LogP contribution in [0.25, 0.3) is 11.3 Å². The van der Waals surface area contributed by atoms with E-state index in [-0.39, 0.29) is 5.91 Å². The zero-order valence-electron chi connectivity index (χ0n) is 17.9. The fourth-order valence-corrected chi connectivity index (χ4v) is 3.71. The number of ether oxygens (including phenoxy) is 3. The number of aromatic amines is 1. The highest BCUT2D eigenvalue weighted by Crippen LogP contribution is 2.32.